The molecule has 3 aromatic heterocycles. The standard InChI is InChI=1S/C27H34N6O/c1-17(2)25-21-15-19(18-8-13-33(14-9-18)24(34)10-12-32(3)4)5-6-23(21)30-26(25)20-7-11-28-27-22(20)16-29-31-27/h5-7,11,15-18,30H,8-10,12-14H2,1-4H3,(H,28,29,31). The van der Waals surface area contributed by atoms with Gasteiger partial charge < -0.3 is 14.8 Å². The minimum absolute atomic E-state index is 0.280. The molecule has 7 nitrogen and oxygen atoms in total. The van der Waals surface area contributed by atoms with E-state index in [-0.39, 0.29) is 5.91 Å². The summed E-state index contributed by atoms with van der Waals surface area (Å²) in [6.45, 7) is 7.01. The van der Waals surface area contributed by atoms with Crippen LogP contribution >= 0.6 is 0 Å². The lowest BCUT2D eigenvalue weighted by atomic mass is 9.87. The van der Waals surface area contributed by atoms with Gasteiger partial charge in [-0.1, -0.05) is 19.9 Å². The summed E-state index contributed by atoms with van der Waals surface area (Å²) in [6, 6.07) is 8.94. The van der Waals surface area contributed by atoms with Gasteiger partial charge in [0.05, 0.1) is 11.9 Å². The van der Waals surface area contributed by atoms with Gasteiger partial charge in [-0.15, -0.1) is 0 Å². The highest BCUT2D eigenvalue weighted by Crippen LogP contribution is 2.39. The van der Waals surface area contributed by atoms with Crippen LogP contribution in [0, 0.1) is 0 Å². The first-order chi connectivity index (χ1) is 16.4. The largest absolute Gasteiger partial charge is 0.354 e. The van der Waals surface area contributed by atoms with Gasteiger partial charge in [0.15, 0.2) is 5.65 Å². The van der Waals surface area contributed by atoms with Crippen LogP contribution in [0.3, 0.4) is 0 Å². The summed E-state index contributed by atoms with van der Waals surface area (Å²) >= 11 is 0. The van der Waals surface area contributed by atoms with Crippen LogP contribution in [-0.2, 0) is 4.79 Å². The Hall–Kier alpha value is -3.19. The number of carbonyl (C=O) groups is 1. The number of hydrogen-bond acceptors (Lipinski definition) is 4. The highest BCUT2D eigenvalue weighted by atomic mass is 16.2. The van der Waals surface area contributed by atoms with Crippen LogP contribution < -0.4 is 0 Å². The Morgan fingerprint density at radius 1 is 1.18 bits per heavy atom. The zero-order chi connectivity index (χ0) is 23.8. The van der Waals surface area contributed by atoms with E-state index < -0.39 is 0 Å². The monoisotopic (exact) mass is 458 g/mol. The van der Waals surface area contributed by atoms with Crippen LogP contribution in [0.5, 0.6) is 0 Å². The average molecular weight is 459 g/mol. The first-order valence-corrected chi connectivity index (χ1v) is 12.3. The summed E-state index contributed by atoms with van der Waals surface area (Å²) in [4.78, 5) is 24.8. The Balaban J connectivity index is 1.43. The lowest BCUT2D eigenvalue weighted by molar-refractivity contribution is -0.132. The molecule has 7 heteroatoms. The van der Waals surface area contributed by atoms with E-state index in [9.17, 15) is 4.79 Å². The van der Waals surface area contributed by atoms with E-state index in [1.54, 1.807) is 0 Å². The van der Waals surface area contributed by atoms with E-state index in [0.717, 1.165) is 60.3 Å². The molecule has 178 valence electrons. The predicted molar refractivity (Wildman–Crippen MR) is 137 cm³/mol. The van der Waals surface area contributed by atoms with Crippen LogP contribution in [-0.4, -0.2) is 69.6 Å². The van der Waals surface area contributed by atoms with Crippen molar-refractivity contribution in [3.8, 4) is 11.3 Å². The fourth-order valence-electron chi connectivity index (χ4n) is 5.30. The molecule has 0 aliphatic carbocycles. The van der Waals surface area contributed by atoms with Crippen molar-refractivity contribution < 1.29 is 4.79 Å². The molecular weight excluding hydrogens is 424 g/mol. The second-order valence-corrected chi connectivity index (χ2v) is 10.1. The number of amides is 1. The fourth-order valence-corrected chi connectivity index (χ4v) is 5.30. The molecule has 0 radical (unpaired) electrons. The van der Waals surface area contributed by atoms with Gasteiger partial charge in [-0.05, 0) is 68.1 Å². The molecule has 0 bridgehead atoms. The lowest BCUT2D eigenvalue weighted by Gasteiger charge is -2.32. The van der Waals surface area contributed by atoms with Crippen molar-refractivity contribution in [2.45, 2.75) is 44.9 Å². The van der Waals surface area contributed by atoms with E-state index in [2.05, 4.69) is 63.2 Å². The Bertz CT molecular complexity index is 1310. The Labute approximate surface area is 200 Å². The highest BCUT2D eigenvalue weighted by molar-refractivity contribution is 5.98. The first kappa shape index (κ1) is 22.6. The number of rotatable bonds is 6. The number of carbonyl (C=O) groups excluding carboxylic acids is 1. The van der Waals surface area contributed by atoms with Gasteiger partial charge in [0.2, 0.25) is 5.91 Å². The number of nitrogens with one attached hydrogen (secondary N) is 2. The van der Waals surface area contributed by atoms with Crippen LogP contribution in [0.2, 0.25) is 0 Å². The van der Waals surface area contributed by atoms with Crippen molar-refractivity contribution in [3.63, 3.8) is 0 Å². The molecule has 2 N–H and O–H groups in total. The molecule has 1 saturated heterocycles. The number of aromatic amines is 2. The van der Waals surface area contributed by atoms with Crippen molar-refractivity contribution in [1.82, 2.24) is 30.0 Å². The van der Waals surface area contributed by atoms with Crippen molar-refractivity contribution in [2.75, 3.05) is 33.7 Å². The molecule has 5 rings (SSSR count). The minimum atomic E-state index is 0.280. The summed E-state index contributed by atoms with van der Waals surface area (Å²) in [7, 11) is 4.03. The van der Waals surface area contributed by atoms with Gasteiger partial charge in [-0.25, -0.2) is 4.98 Å². The van der Waals surface area contributed by atoms with Crippen molar-refractivity contribution in [2.24, 2.45) is 0 Å². The first-order valence-electron chi connectivity index (χ1n) is 12.3. The number of hydrogen-bond donors (Lipinski definition) is 2. The summed E-state index contributed by atoms with van der Waals surface area (Å²) in [5.74, 6) is 1.13. The van der Waals surface area contributed by atoms with Crippen molar-refractivity contribution in [1.29, 1.82) is 0 Å². The smallest absolute Gasteiger partial charge is 0.223 e. The minimum Gasteiger partial charge on any atom is -0.354 e. The van der Waals surface area contributed by atoms with Gasteiger partial charge >= 0.3 is 0 Å². The summed E-state index contributed by atoms with van der Waals surface area (Å²) < 4.78 is 0. The predicted octanol–water partition coefficient (Wildman–Crippen LogP) is 4.89. The number of nitrogens with zero attached hydrogens (tertiary/aromatic N) is 4. The molecular formula is C27H34N6O. The number of aromatic nitrogens is 4. The molecule has 1 aliphatic rings. The zero-order valence-electron chi connectivity index (χ0n) is 20.6. The molecule has 1 fully saturated rings. The van der Waals surface area contributed by atoms with Crippen LogP contribution in [0.4, 0.5) is 0 Å². The molecule has 4 heterocycles. The third-order valence-corrected chi connectivity index (χ3v) is 7.16. The van der Waals surface area contributed by atoms with Crippen molar-refractivity contribution in [3.05, 3.63) is 47.8 Å². The molecule has 0 saturated carbocycles. The quantitative estimate of drug-likeness (QED) is 0.431. The molecule has 1 aliphatic heterocycles. The van der Waals surface area contributed by atoms with Crippen LogP contribution in [0.25, 0.3) is 33.2 Å². The van der Waals surface area contributed by atoms with Gasteiger partial charge in [0.25, 0.3) is 0 Å². The number of piperidine rings is 1. The summed E-state index contributed by atoms with van der Waals surface area (Å²) in [6.07, 6.45) is 6.34. The molecule has 1 amide bonds. The normalized spacial score (nSPS) is 15.3. The Kier molecular flexibility index (Phi) is 6.13. The summed E-state index contributed by atoms with van der Waals surface area (Å²) in [5, 5.41) is 9.50. The maximum Gasteiger partial charge on any atom is 0.223 e. The van der Waals surface area contributed by atoms with Gasteiger partial charge in [0, 0.05) is 54.1 Å². The second-order valence-electron chi connectivity index (χ2n) is 10.1. The van der Waals surface area contributed by atoms with E-state index in [1.165, 1.54) is 16.5 Å². The number of pyridine rings is 1. The van der Waals surface area contributed by atoms with E-state index in [1.807, 2.05) is 31.4 Å². The number of benzene rings is 1. The molecule has 34 heavy (non-hydrogen) atoms. The van der Waals surface area contributed by atoms with E-state index in [0.29, 0.717) is 18.3 Å². The number of likely N-dealkylation sites (tertiary alicyclic amines) is 1. The number of fused-ring (bicyclic) bond motifs is 2. The van der Waals surface area contributed by atoms with Gasteiger partial charge in [-0.3, -0.25) is 9.89 Å². The average Bonchev–Trinajstić information content (AvgIpc) is 3.46. The zero-order valence-corrected chi connectivity index (χ0v) is 20.6. The molecule has 0 unspecified atom stereocenters. The molecule has 0 atom stereocenters. The fraction of sp³-hybridized carbons (Fsp3) is 0.444. The third-order valence-electron chi connectivity index (χ3n) is 7.16. The van der Waals surface area contributed by atoms with Gasteiger partial charge in [-0.2, -0.15) is 5.10 Å². The third kappa shape index (κ3) is 4.20. The number of H-pyrrole nitrogens is 2. The lowest BCUT2D eigenvalue weighted by Crippen LogP contribution is -2.39. The topological polar surface area (TPSA) is 80.9 Å². The summed E-state index contributed by atoms with van der Waals surface area (Å²) in [5.41, 5.74) is 6.96. The maximum atomic E-state index is 12.5. The molecule has 0 spiro atoms. The van der Waals surface area contributed by atoms with E-state index in [4.69, 9.17) is 0 Å². The van der Waals surface area contributed by atoms with Gasteiger partial charge in [0.1, 0.15) is 0 Å². The Morgan fingerprint density at radius 3 is 2.71 bits per heavy atom. The highest BCUT2D eigenvalue weighted by Gasteiger charge is 2.25. The molecule has 1 aromatic carbocycles. The van der Waals surface area contributed by atoms with Crippen molar-refractivity contribution >= 4 is 27.8 Å². The SMILES string of the molecule is CC(C)c1c(-c2ccnc3[nH]ncc23)[nH]c2ccc(C3CCN(C(=O)CCN(C)C)CC3)cc12. The van der Waals surface area contributed by atoms with Crippen LogP contribution in [0.1, 0.15) is 56.1 Å². The second kappa shape index (κ2) is 9.22. The van der Waals surface area contributed by atoms with Crippen LogP contribution in [0.15, 0.2) is 36.7 Å². The molecule has 4 aromatic rings. The maximum absolute atomic E-state index is 12.5. The van der Waals surface area contributed by atoms with E-state index >= 15 is 0 Å². The Morgan fingerprint density at radius 2 is 1.97 bits per heavy atom.